The fourth-order valence-corrected chi connectivity index (χ4v) is 0.946. The standard InChI is InChI=1S/C9H18Cl2O5/c1-4(12)7(10)15-9(6(3)14)16-8(11)5(2)13/h4-9,12-14H,1-3H3. The van der Waals surface area contributed by atoms with E-state index in [1.165, 1.54) is 20.8 Å². The summed E-state index contributed by atoms with van der Waals surface area (Å²) in [4.78, 5) is 0. The molecule has 16 heavy (non-hydrogen) atoms. The highest BCUT2D eigenvalue weighted by Crippen LogP contribution is 2.16. The predicted octanol–water partition coefficient (Wildman–Crippen LogP) is 0.618. The summed E-state index contributed by atoms with van der Waals surface area (Å²) in [7, 11) is 0. The van der Waals surface area contributed by atoms with Crippen LogP contribution < -0.4 is 0 Å². The van der Waals surface area contributed by atoms with Crippen LogP contribution in [0, 0.1) is 0 Å². The molecule has 0 saturated carbocycles. The lowest BCUT2D eigenvalue weighted by atomic mass is 10.3. The molecule has 0 aliphatic carbocycles. The highest BCUT2D eigenvalue weighted by atomic mass is 35.5. The van der Waals surface area contributed by atoms with E-state index in [-0.39, 0.29) is 0 Å². The number of rotatable bonds is 7. The quantitative estimate of drug-likeness (QED) is 0.469. The first-order valence-electron chi connectivity index (χ1n) is 4.89. The SMILES string of the molecule is CC(O)C(Cl)OC(OC(Cl)C(C)O)C(C)O. The Bertz CT molecular complexity index is 173. The lowest BCUT2D eigenvalue weighted by Crippen LogP contribution is -2.39. The highest BCUT2D eigenvalue weighted by Gasteiger charge is 2.27. The monoisotopic (exact) mass is 276 g/mol. The zero-order valence-electron chi connectivity index (χ0n) is 9.38. The Balaban J connectivity index is 4.28. The molecular weight excluding hydrogens is 259 g/mol. The van der Waals surface area contributed by atoms with Gasteiger partial charge in [-0.1, -0.05) is 23.2 Å². The Kier molecular flexibility index (Phi) is 7.84. The van der Waals surface area contributed by atoms with Crippen molar-refractivity contribution in [3.05, 3.63) is 0 Å². The summed E-state index contributed by atoms with van der Waals surface area (Å²) in [6, 6.07) is 0. The normalized spacial score (nSPS) is 23.2. The van der Waals surface area contributed by atoms with Gasteiger partial charge in [0.1, 0.15) is 6.10 Å². The molecule has 0 fully saturated rings. The molecule has 0 spiro atoms. The van der Waals surface area contributed by atoms with E-state index in [4.69, 9.17) is 42.9 Å². The zero-order valence-corrected chi connectivity index (χ0v) is 10.9. The minimum Gasteiger partial charge on any atom is -0.389 e. The van der Waals surface area contributed by atoms with E-state index in [0.717, 1.165) is 0 Å². The van der Waals surface area contributed by atoms with Crippen LogP contribution in [0.25, 0.3) is 0 Å². The number of ether oxygens (including phenoxy) is 2. The number of hydrogen-bond acceptors (Lipinski definition) is 5. The van der Waals surface area contributed by atoms with Gasteiger partial charge in [0.05, 0.1) is 12.2 Å². The van der Waals surface area contributed by atoms with Crippen molar-refractivity contribution < 1.29 is 24.8 Å². The molecule has 0 saturated heterocycles. The summed E-state index contributed by atoms with van der Waals surface area (Å²) in [6.07, 6.45) is -3.96. The molecule has 0 aromatic rings. The van der Waals surface area contributed by atoms with E-state index in [1.54, 1.807) is 0 Å². The maximum absolute atomic E-state index is 9.34. The van der Waals surface area contributed by atoms with Crippen LogP contribution in [0.15, 0.2) is 0 Å². The van der Waals surface area contributed by atoms with Crippen LogP contribution >= 0.6 is 23.2 Å². The lowest BCUT2D eigenvalue weighted by molar-refractivity contribution is -0.225. The summed E-state index contributed by atoms with van der Waals surface area (Å²) in [5, 5.41) is 27.6. The Labute approximate surface area is 105 Å². The van der Waals surface area contributed by atoms with Crippen molar-refractivity contribution in [2.45, 2.75) is 56.5 Å². The van der Waals surface area contributed by atoms with Gasteiger partial charge in [0.25, 0.3) is 0 Å². The first kappa shape index (κ1) is 16.4. The molecule has 0 aromatic heterocycles. The van der Waals surface area contributed by atoms with Crippen molar-refractivity contribution in [3.8, 4) is 0 Å². The number of aliphatic hydroxyl groups excluding tert-OH is 3. The van der Waals surface area contributed by atoms with Gasteiger partial charge in [0.15, 0.2) is 17.4 Å². The van der Waals surface area contributed by atoms with Crippen LogP contribution in [-0.2, 0) is 9.47 Å². The molecular formula is C9H18Cl2O5. The second-order valence-corrected chi connectivity index (χ2v) is 4.42. The molecule has 0 rings (SSSR count). The predicted molar refractivity (Wildman–Crippen MR) is 60.3 cm³/mol. The molecule has 5 nitrogen and oxygen atoms in total. The van der Waals surface area contributed by atoms with Gasteiger partial charge in [-0.2, -0.15) is 0 Å². The fraction of sp³-hybridized carbons (Fsp3) is 1.00. The molecule has 0 heterocycles. The van der Waals surface area contributed by atoms with E-state index >= 15 is 0 Å². The second-order valence-electron chi connectivity index (χ2n) is 3.56. The Morgan fingerprint density at radius 1 is 0.750 bits per heavy atom. The summed E-state index contributed by atoms with van der Waals surface area (Å²) < 4.78 is 10.1. The molecule has 0 aliphatic heterocycles. The molecule has 0 aromatic carbocycles. The van der Waals surface area contributed by atoms with Gasteiger partial charge in [0, 0.05) is 0 Å². The molecule has 5 atom stereocenters. The third kappa shape index (κ3) is 6.20. The van der Waals surface area contributed by atoms with Gasteiger partial charge in [-0.3, -0.25) is 0 Å². The average molecular weight is 277 g/mol. The third-order valence-electron chi connectivity index (χ3n) is 1.68. The fourth-order valence-electron chi connectivity index (χ4n) is 0.743. The number of alkyl halides is 2. The van der Waals surface area contributed by atoms with Crippen molar-refractivity contribution >= 4 is 23.2 Å². The zero-order chi connectivity index (χ0) is 12.9. The molecule has 0 aliphatic rings. The largest absolute Gasteiger partial charge is 0.389 e. The molecule has 0 radical (unpaired) electrons. The van der Waals surface area contributed by atoms with E-state index < -0.39 is 35.7 Å². The van der Waals surface area contributed by atoms with Gasteiger partial charge < -0.3 is 24.8 Å². The van der Waals surface area contributed by atoms with Crippen molar-refractivity contribution in [1.29, 1.82) is 0 Å². The number of hydrogen-bond donors (Lipinski definition) is 3. The molecule has 0 bridgehead atoms. The Hall–Kier alpha value is 0.380. The molecule has 7 heteroatoms. The summed E-state index contributed by atoms with van der Waals surface area (Å²) in [5.41, 5.74) is -2.06. The second kappa shape index (κ2) is 7.66. The first-order chi connectivity index (χ1) is 7.25. The third-order valence-corrected chi connectivity index (χ3v) is 2.62. The van der Waals surface area contributed by atoms with Gasteiger partial charge in [-0.15, -0.1) is 0 Å². The summed E-state index contributed by atoms with van der Waals surface area (Å²) >= 11 is 11.3. The maximum Gasteiger partial charge on any atom is 0.187 e. The van der Waals surface area contributed by atoms with Gasteiger partial charge in [-0.25, -0.2) is 0 Å². The van der Waals surface area contributed by atoms with Crippen LogP contribution in [0.2, 0.25) is 0 Å². The average Bonchev–Trinajstić information content (AvgIpc) is 2.15. The van der Waals surface area contributed by atoms with Crippen LogP contribution in [-0.4, -0.2) is 51.0 Å². The number of halogens is 2. The van der Waals surface area contributed by atoms with Gasteiger partial charge in [-0.05, 0) is 20.8 Å². The Morgan fingerprint density at radius 3 is 1.25 bits per heavy atom. The van der Waals surface area contributed by atoms with E-state index in [1.807, 2.05) is 0 Å². The van der Waals surface area contributed by atoms with Gasteiger partial charge in [0.2, 0.25) is 0 Å². The number of aliphatic hydroxyl groups is 3. The van der Waals surface area contributed by atoms with E-state index in [0.29, 0.717) is 0 Å². The smallest absolute Gasteiger partial charge is 0.187 e. The van der Waals surface area contributed by atoms with Crippen LogP contribution in [0.5, 0.6) is 0 Å². The lowest BCUT2D eigenvalue weighted by Gasteiger charge is -2.27. The minimum atomic E-state index is -1.12. The van der Waals surface area contributed by atoms with Gasteiger partial charge >= 0.3 is 0 Å². The van der Waals surface area contributed by atoms with Crippen molar-refractivity contribution in [2.24, 2.45) is 0 Å². The summed E-state index contributed by atoms with van der Waals surface area (Å²) in [6.45, 7) is 4.29. The van der Waals surface area contributed by atoms with Crippen molar-refractivity contribution in [2.75, 3.05) is 0 Å². The van der Waals surface area contributed by atoms with Crippen molar-refractivity contribution in [3.63, 3.8) is 0 Å². The van der Waals surface area contributed by atoms with Crippen LogP contribution in [0.4, 0.5) is 0 Å². The molecule has 5 unspecified atom stereocenters. The molecule has 3 N–H and O–H groups in total. The Morgan fingerprint density at radius 2 is 1.06 bits per heavy atom. The van der Waals surface area contributed by atoms with Crippen LogP contribution in [0.3, 0.4) is 0 Å². The highest BCUT2D eigenvalue weighted by molar-refractivity contribution is 6.20. The molecule has 0 amide bonds. The van der Waals surface area contributed by atoms with E-state index in [9.17, 15) is 5.11 Å². The van der Waals surface area contributed by atoms with Crippen LogP contribution in [0.1, 0.15) is 20.8 Å². The minimum absolute atomic E-state index is 0.924. The topological polar surface area (TPSA) is 79.2 Å². The first-order valence-corrected chi connectivity index (χ1v) is 5.76. The molecule has 98 valence electrons. The summed E-state index contributed by atoms with van der Waals surface area (Å²) in [5.74, 6) is 0. The van der Waals surface area contributed by atoms with E-state index in [2.05, 4.69) is 0 Å². The maximum atomic E-state index is 9.34. The van der Waals surface area contributed by atoms with Crippen molar-refractivity contribution in [1.82, 2.24) is 0 Å².